The molecule has 0 aromatic carbocycles. The van der Waals surface area contributed by atoms with E-state index in [0.717, 1.165) is 18.9 Å². The molecule has 1 aromatic heterocycles. The fourth-order valence-corrected chi connectivity index (χ4v) is 1.90. The second kappa shape index (κ2) is 6.20. The normalized spacial score (nSPS) is 13.9. The summed E-state index contributed by atoms with van der Waals surface area (Å²) in [5, 5.41) is 7.80. The number of rotatable bonds is 6. The number of aromatic nitrogens is 2. The fourth-order valence-electron chi connectivity index (χ4n) is 1.90. The molecule has 0 radical (unpaired) electrons. The zero-order valence-corrected chi connectivity index (χ0v) is 12.0. The third-order valence-corrected chi connectivity index (χ3v) is 3.23. The highest BCUT2D eigenvalue weighted by Gasteiger charge is 2.13. The van der Waals surface area contributed by atoms with E-state index in [1.54, 1.807) is 0 Å². The van der Waals surface area contributed by atoms with Crippen molar-refractivity contribution in [3.8, 4) is 0 Å². The van der Waals surface area contributed by atoms with Gasteiger partial charge >= 0.3 is 0 Å². The van der Waals surface area contributed by atoms with E-state index in [2.05, 4.69) is 44.2 Å². The van der Waals surface area contributed by atoms with Crippen LogP contribution in [0.3, 0.4) is 0 Å². The molecule has 1 rings (SSSR count). The van der Waals surface area contributed by atoms with Gasteiger partial charge in [0.1, 0.15) is 0 Å². The summed E-state index contributed by atoms with van der Waals surface area (Å²) in [6.07, 6.45) is 5.48. The van der Waals surface area contributed by atoms with Crippen molar-refractivity contribution in [2.45, 2.75) is 52.5 Å². The molecule has 0 saturated heterocycles. The molecule has 0 aliphatic rings. The summed E-state index contributed by atoms with van der Waals surface area (Å²) < 4.78 is 1.98. The maximum Gasteiger partial charge on any atom is 0.0492 e. The number of aryl methyl sites for hydroxylation is 2. The molecule has 3 nitrogen and oxygen atoms in total. The Kier molecular flexibility index (Phi) is 5.19. The van der Waals surface area contributed by atoms with Gasteiger partial charge in [-0.3, -0.25) is 4.68 Å². The molecule has 1 heterocycles. The molecule has 98 valence electrons. The minimum Gasteiger partial charge on any atom is -0.312 e. The molecular formula is C14H27N3. The van der Waals surface area contributed by atoms with Crippen LogP contribution in [0.4, 0.5) is 0 Å². The van der Waals surface area contributed by atoms with Crippen LogP contribution in [0.5, 0.6) is 0 Å². The first kappa shape index (κ1) is 14.2. The first-order valence-corrected chi connectivity index (χ1v) is 6.64. The van der Waals surface area contributed by atoms with E-state index >= 15 is 0 Å². The molecule has 0 amide bonds. The Morgan fingerprint density at radius 3 is 2.59 bits per heavy atom. The SMILES string of the molecule is CCC(CCc1ccnn1C)CNC(C)(C)C. The third-order valence-electron chi connectivity index (χ3n) is 3.23. The van der Waals surface area contributed by atoms with Crippen molar-refractivity contribution in [2.75, 3.05) is 6.54 Å². The van der Waals surface area contributed by atoms with Gasteiger partial charge in [0, 0.05) is 24.5 Å². The van der Waals surface area contributed by atoms with Crippen LogP contribution < -0.4 is 5.32 Å². The van der Waals surface area contributed by atoms with Crippen LogP contribution in [0.15, 0.2) is 12.3 Å². The van der Waals surface area contributed by atoms with Crippen LogP contribution >= 0.6 is 0 Å². The topological polar surface area (TPSA) is 29.9 Å². The lowest BCUT2D eigenvalue weighted by Gasteiger charge is -2.24. The Hall–Kier alpha value is -0.830. The lowest BCUT2D eigenvalue weighted by Crippen LogP contribution is -2.39. The summed E-state index contributed by atoms with van der Waals surface area (Å²) in [5.41, 5.74) is 1.55. The van der Waals surface area contributed by atoms with Gasteiger partial charge in [0.15, 0.2) is 0 Å². The van der Waals surface area contributed by atoms with Crippen LogP contribution in [0, 0.1) is 5.92 Å². The number of nitrogens with zero attached hydrogens (tertiary/aromatic N) is 2. The summed E-state index contributed by atoms with van der Waals surface area (Å²) in [7, 11) is 2.02. The summed E-state index contributed by atoms with van der Waals surface area (Å²) in [5.74, 6) is 0.754. The van der Waals surface area contributed by atoms with Crippen molar-refractivity contribution < 1.29 is 0 Å². The molecule has 1 atom stereocenters. The van der Waals surface area contributed by atoms with E-state index in [9.17, 15) is 0 Å². The number of hydrogen-bond acceptors (Lipinski definition) is 2. The average molecular weight is 237 g/mol. The van der Waals surface area contributed by atoms with Crippen molar-refractivity contribution in [3.63, 3.8) is 0 Å². The smallest absolute Gasteiger partial charge is 0.0492 e. The molecule has 0 aliphatic carbocycles. The lowest BCUT2D eigenvalue weighted by molar-refractivity contribution is 0.351. The molecule has 0 bridgehead atoms. The Morgan fingerprint density at radius 1 is 1.41 bits per heavy atom. The third kappa shape index (κ3) is 5.35. The van der Waals surface area contributed by atoms with Crippen molar-refractivity contribution in [3.05, 3.63) is 18.0 Å². The van der Waals surface area contributed by atoms with E-state index in [1.807, 2.05) is 17.9 Å². The minimum atomic E-state index is 0.222. The fraction of sp³-hybridized carbons (Fsp3) is 0.786. The highest BCUT2D eigenvalue weighted by atomic mass is 15.2. The van der Waals surface area contributed by atoms with E-state index < -0.39 is 0 Å². The second-order valence-corrected chi connectivity index (χ2v) is 5.89. The van der Waals surface area contributed by atoms with Gasteiger partial charge in [0.05, 0.1) is 0 Å². The first-order valence-electron chi connectivity index (χ1n) is 6.64. The van der Waals surface area contributed by atoms with Gasteiger partial charge in [-0.2, -0.15) is 5.10 Å². The highest BCUT2D eigenvalue weighted by molar-refractivity contribution is 5.00. The van der Waals surface area contributed by atoms with Crippen molar-refractivity contribution in [1.29, 1.82) is 0 Å². The maximum absolute atomic E-state index is 4.21. The van der Waals surface area contributed by atoms with Gasteiger partial charge in [-0.05, 0) is 52.1 Å². The molecule has 1 N–H and O–H groups in total. The highest BCUT2D eigenvalue weighted by Crippen LogP contribution is 2.13. The Bertz CT molecular complexity index is 322. The van der Waals surface area contributed by atoms with Crippen LogP contribution in [0.25, 0.3) is 0 Å². The lowest BCUT2D eigenvalue weighted by atomic mass is 9.97. The molecule has 1 unspecified atom stereocenters. The number of nitrogens with one attached hydrogen (secondary N) is 1. The summed E-state index contributed by atoms with van der Waals surface area (Å²) in [6.45, 7) is 10.1. The van der Waals surface area contributed by atoms with Crippen molar-refractivity contribution in [2.24, 2.45) is 13.0 Å². The van der Waals surface area contributed by atoms with E-state index in [1.165, 1.54) is 18.5 Å². The van der Waals surface area contributed by atoms with Crippen LogP contribution in [-0.2, 0) is 13.5 Å². The molecule has 0 fully saturated rings. The van der Waals surface area contributed by atoms with E-state index in [-0.39, 0.29) is 5.54 Å². The number of hydrogen-bond donors (Lipinski definition) is 1. The monoisotopic (exact) mass is 237 g/mol. The van der Waals surface area contributed by atoms with Gasteiger partial charge < -0.3 is 5.32 Å². The zero-order valence-electron chi connectivity index (χ0n) is 12.0. The van der Waals surface area contributed by atoms with Gasteiger partial charge in [-0.1, -0.05) is 13.3 Å². The van der Waals surface area contributed by atoms with Crippen LogP contribution in [0.1, 0.15) is 46.2 Å². The molecule has 0 saturated carbocycles. The predicted molar refractivity (Wildman–Crippen MR) is 73.1 cm³/mol. The van der Waals surface area contributed by atoms with E-state index in [0.29, 0.717) is 0 Å². The molecular weight excluding hydrogens is 210 g/mol. The van der Waals surface area contributed by atoms with Gasteiger partial charge in [-0.25, -0.2) is 0 Å². The molecule has 1 aromatic rings. The maximum atomic E-state index is 4.21. The summed E-state index contributed by atoms with van der Waals surface area (Å²) in [4.78, 5) is 0. The summed E-state index contributed by atoms with van der Waals surface area (Å²) in [6, 6.07) is 2.11. The largest absolute Gasteiger partial charge is 0.312 e. The van der Waals surface area contributed by atoms with Crippen molar-refractivity contribution >= 4 is 0 Å². The predicted octanol–water partition coefficient (Wildman–Crippen LogP) is 2.77. The molecule has 0 aliphatic heterocycles. The average Bonchev–Trinajstić information content (AvgIpc) is 2.63. The summed E-state index contributed by atoms with van der Waals surface area (Å²) >= 11 is 0. The Labute approximate surface area is 106 Å². The minimum absolute atomic E-state index is 0.222. The van der Waals surface area contributed by atoms with Gasteiger partial charge in [0.2, 0.25) is 0 Å². The van der Waals surface area contributed by atoms with Crippen LogP contribution in [0.2, 0.25) is 0 Å². The molecule has 0 spiro atoms. The van der Waals surface area contributed by atoms with Crippen LogP contribution in [-0.4, -0.2) is 21.9 Å². The Balaban J connectivity index is 2.35. The van der Waals surface area contributed by atoms with Crippen molar-refractivity contribution in [1.82, 2.24) is 15.1 Å². The Morgan fingerprint density at radius 2 is 2.12 bits per heavy atom. The first-order chi connectivity index (χ1) is 7.92. The second-order valence-electron chi connectivity index (χ2n) is 5.89. The standard InChI is InChI=1S/C14H27N3/c1-6-12(11-15-14(2,3)4)7-8-13-9-10-16-17(13)5/h9-10,12,15H,6-8,11H2,1-5H3. The molecule has 17 heavy (non-hydrogen) atoms. The van der Waals surface area contributed by atoms with Gasteiger partial charge in [0.25, 0.3) is 0 Å². The molecule has 3 heteroatoms. The zero-order chi connectivity index (χ0) is 12.9. The van der Waals surface area contributed by atoms with Gasteiger partial charge in [-0.15, -0.1) is 0 Å². The quantitative estimate of drug-likeness (QED) is 0.824. The van der Waals surface area contributed by atoms with E-state index in [4.69, 9.17) is 0 Å².